The van der Waals surface area contributed by atoms with Crippen LogP contribution in [0, 0.1) is 0 Å². The molecule has 1 aromatic heterocycles. The largest absolute Gasteiger partial charge is 0.478 e. The van der Waals surface area contributed by atoms with Crippen LogP contribution in [0.15, 0.2) is 22.8 Å². The Morgan fingerprint density at radius 2 is 2.17 bits per heavy atom. The van der Waals surface area contributed by atoms with Crippen molar-refractivity contribution in [3.63, 3.8) is 0 Å². The summed E-state index contributed by atoms with van der Waals surface area (Å²) in [5, 5.41) is 22.6. The number of rotatable bonds is 4. The van der Waals surface area contributed by atoms with Gasteiger partial charge in [0.1, 0.15) is 5.71 Å². The lowest BCUT2D eigenvalue weighted by atomic mass is 10.1. The molecule has 0 saturated carbocycles. The molecule has 122 valence electrons. The van der Waals surface area contributed by atoms with Crippen molar-refractivity contribution in [3.05, 3.63) is 29.2 Å². The number of aliphatic imine (C=N–C) groups is 1. The first-order valence-electron chi connectivity index (χ1n) is 7.03. The molecule has 2 aliphatic rings. The van der Waals surface area contributed by atoms with Gasteiger partial charge in [-0.2, -0.15) is 5.10 Å². The third-order valence-electron chi connectivity index (χ3n) is 3.65. The number of nitrogens with zero attached hydrogens (tertiary/aromatic N) is 3. The summed E-state index contributed by atoms with van der Waals surface area (Å²) in [6.45, 7) is 0. The lowest BCUT2D eigenvalue weighted by molar-refractivity contribution is -0.133. The Bertz CT molecular complexity index is 687. The van der Waals surface area contributed by atoms with E-state index in [-0.39, 0.29) is 22.3 Å². The Balaban J connectivity index is 1.80. The molecule has 0 aliphatic carbocycles. The predicted octanol–water partition coefficient (Wildman–Crippen LogP) is 1.28. The van der Waals surface area contributed by atoms with Crippen LogP contribution in [0.5, 0.6) is 0 Å². The van der Waals surface area contributed by atoms with E-state index in [0.717, 1.165) is 23.7 Å². The summed E-state index contributed by atoms with van der Waals surface area (Å²) in [5.41, 5.74) is 2.09. The molecule has 1 atom stereocenters. The molecule has 3 rings (SSSR count). The normalized spacial score (nSPS) is 21.0. The average Bonchev–Trinajstić information content (AvgIpc) is 2.78. The fourth-order valence-corrected chi connectivity index (χ4v) is 4.53. The van der Waals surface area contributed by atoms with Gasteiger partial charge in [0.05, 0.1) is 17.1 Å². The number of aliphatic carboxylic acids is 2. The molecule has 2 N–H and O–H groups in total. The number of aromatic nitrogens is 2. The van der Waals surface area contributed by atoms with Gasteiger partial charge in [-0.15, -0.1) is 23.5 Å². The summed E-state index contributed by atoms with van der Waals surface area (Å²) in [7, 11) is 0. The Kier molecular flexibility index (Phi) is 4.76. The molecule has 9 heteroatoms. The first-order valence-corrected chi connectivity index (χ1v) is 9.23. The van der Waals surface area contributed by atoms with Crippen LogP contribution in [-0.4, -0.2) is 54.4 Å². The fraction of sp³-hybridized carbons (Fsp3) is 0.429. The minimum Gasteiger partial charge on any atom is -0.478 e. The molecule has 0 aromatic carbocycles. The predicted molar refractivity (Wildman–Crippen MR) is 89.1 cm³/mol. The molecular weight excluding hydrogens is 338 g/mol. The maximum absolute atomic E-state index is 11.5. The highest BCUT2D eigenvalue weighted by Gasteiger charge is 2.27. The monoisotopic (exact) mass is 353 g/mol. The lowest BCUT2D eigenvalue weighted by Gasteiger charge is -2.14. The number of thioether (sulfide) groups is 2. The Morgan fingerprint density at radius 3 is 2.87 bits per heavy atom. The van der Waals surface area contributed by atoms with Crippen LogP contribution in [-0.2, 0) is 28.3 Å². The van der Waals surface area contributed by atoms with E-state index in [4.69, 9.17) is 5.11 Å². The number of carboxylic acid groups (broad SMARTS) is 2. The molecule has 1 unspecified atom stereocenters. The Morgan fingerprint density at radius 1 is 1.35 bits per heavy atom. The first kappa shape index (κ1) is 16.1. The summed E-state index contributed by atoms with van der Waals surface area (Å²) in [6, 6.07) is 2.02. The zero-order valence-electron chi connectivity index (χ0n) is 12.1. The van der Waals surface area contributed by atoms with E-state index in [2.05, 4.69) is 10.1 Å². The van der Waals surface area contributed by atoms with E-state index in [0.29, 0.717) is 6.42 Å². The quantitative estimate of drug-likeness (QED) is 0.840. The smallest absolute Gasteiger partial charge is 0.351 e. The van der Waals surface area contributed by atoms with Crippen LogP contribution in [0.25, 0.3) is 0 Å². The molecule has 23 heavy (non-hydrogen) atoms. The number of carbonyl (C=O) groups is 2. The van der Waals surface area contributed by atoms with Crippen molar-refractivity contribution in [2.45, 2.75) is 24.0 Å². The summed E-state index contributed by atoms with van der Waals surface area (Å²) in [6.07, 6.45) is 2.58. The Hall–Kier alpha value is -1.74. The van der Waals surface area contributed by atoms with Gasteiger partial charge in [-0.1, -0.05) is 0 Å². The molecular formula is C14H15N3O4S2. The topological polar surface area (TPSA) is 105 Å². The molecule has 2 aliphatic heterocycles. The second kappa shape index (κ2) is 6.79. The van der Waals surface area contributed by atoms with Gasteiger partial charge >= 0.3 is 11.9 Å². The van der Waals surface area contributed by atoms with Gasteiger partial charge < -0.3 is 10.2 Å². The van der Waals surface area contributed by atoms with E-state index in [9.17, 15) is 14.7 Å². The van der Waals surface area contributed by atoms with Gasteiger partial charge in [-0.05, 0) is 12.5 Å². The Labute approximate surface area is 140 Å². The summed E-state index contributed by atoms with van der Waals surface area (Å²) < 4.78 is 1.95. The molecule has 0 radical (unpaired) electrons. The number of hydrogen-bond acceptors (Lipinski definition) is 6. The van der Waals surface area contributed by atoms with E-state index in [1.807, 2.05) is 22.5 Å². The van der Waals surface area contributed by atoms with Crippen LogP contribution in [0.2, 0.25) is 0 Å². The van der Waals surface area contributed by atoms with Crippen molar-refractivity contribution in [1.82, 2.24) is 9.78 Å². The SMILES string of the molecule is O=C(O)C1=CN=C(C(=O)O)CSC1Cc1cc2n(n1)CSCC2. The average molecular weight is 353 g/mol. The third kappa shape index (κ3) is 3.61. The van der Waals surface area contributed by atoms with Crippen molar-refractivity contribution >= 4 is 41.2 Å². The van der Waals surface area contributed by atoms with E-state index >= 15 is 0 Å². The lowest BCUT2D eigenvalue weighted by Crippen LogP contribution is -2.20. The van der Waals surface area contributed by atoms with Gasteiger partial charge in [-0.25, -0.2) is 9.59 Å². The molecule has 0 saturated heterocycles. The van der Waals surface area contributed by atoms with E-state index < -0.39 is 11.9 Å². The summed E-state index contributed by atoms with van der Waals surface area (Å²) in [4.78, 5) is 26.3. The molecule has 0 fully saturated rings. The minimum atomic E-state index is -1.12. The molecule has 3 heterocycles. The van der Waals surface area contributed by atoms with Crippen LogP contribution in [0.3, 0.4) is 0 Å². The minimum absolute atomic E-state index is 0.0308. The van der Waals surface area contributed by atoms with Gasteiger partial charge in [0.2, 0.25) is 0 Å². The second-order valence-electron chi connectivity index (χ2n) is 5.19. The van der Waals surface area contributed by atoms with Crippen molar-refractivity contribution in [1.29, 1.82) is 0 Å². The molecule has 1 aromatic rings. The second-order valence-corrected chi connectivity index (χ2v) is 7.45. The van der Waals surface area contributed by atoms with Crippen LogP contribution < -0.4 is 0 Å². The van der Waals surface area contributed by atoms with Crippen LogP contribution in [0.4, 0.5) is 0 Å². The first-order chi connectivity index (χ1) is 11.0. The number of carboxylic acids is 2. The van der Waals surface area contributed by atoms with E-state index in [1.54, 1.807) is 0 Å². The maximum Gasteiger partial charge on any atom is 0.351 e. The van der Waals surface area contributed by atoms with Crippen LogP contribution >= 0.6 is 23.5 Å². The highest BCUT2D eigenvalue weighted by atomic mass is 32.2. The molecule has 7 nitrogen and oxygen atoms in total. The van der Waals surface area contributed by atoms with E-state index in [1.165, 1.54) is 23.7 Å². The van der Waals surface area contributed by atoms with Crippen molar-refractivity contribution in [2.24, 2.45) is 4.99 Å². The highest BCUT2D eigenvalue weighted by molar-refractivity contribution is 8.00. The molecule has 0 spiro atoms. The zero-order valence-corrected chi connectivity index (χ0v) is 13.8. The zero-order chi connectivity index (χ0) is 16.4. The van der Waals surface area contributed by atoms with Gasteiger partial charge in [0, 0.05) is 35.1 Å². The van der Waals surface area contributed by atoms with Gasteiger partial charge in [-0.3, -0.25) is 9.67 Å². The highest BCUT2D eigenvalue weighted by Crippen LogP contribution is 2.28. The third-order valence-corrected chi connectivity index (χ3v) is 5.83. The molecule has 0 amide bonds. The van der Waals surface area contributed by atoms with Gasteiger partial charge in [0.25, 0.3) is 0 Å². The summed E-state index contributed by atoms with van der Waals surface area (Å²) in [5.74, 6) is -0.122. The van der Waals surface area contributed by atoms with Crippen LogP contribution in [0.1, 0.15) is 11.4 Å². The van der Waals surface area contributed by atoms with Gasteiger partial charge in [0.15, 0.2) is 0 Å². The number of aryl methyl sites for hydroxylation is 1. The summed E-state index contributed by atoms with van der Waals surface area (Å²) >= 11 is 3.10. The maximum atomic E-state index is 11.5. The standard InChI is InChI=1S/C14H15N3O4S2/c18-13(19)10-5-15-11(14(20)21)6-23-12(10)4-8-3-9-1-2-22-7-17(9)16-8/h3,5,12H,1-2,4,6-7H2,(H,18,19)(H,20,21). The fourth-order valence-electron chi connectivity index (χ4n) is 2.46. The van der Waals surface area contributed by atoms with Crippen molar-refractivity contribution in [3.8, 4) is 0 Å². The molecule has 0 bridgehead atoms. The van der Waals surface area contributed by atoms with Crippen molar-refractivity contribution < 1.29 is 19.8 Å². The van der Waals surface area contributed by atoms with Crippen molar-refractivity contribution in [2.75, 3.05) is 11.5 Å². The number of hydrogen-bond donors (Lipinski definition) is 2. The number of fused-ring (bicyclic) bond motifs is 1.